The number of ether oxygens (including phenoxy) is 3. The number of nitrogens with zero attached hydrogens (tertiary/aromatic N) is 1. The molecule has 0 bridgehead atoms. The van der Waals surface area contributed by atoms with Crippen LogP contribution in [0.4, 0.5) is 13.2 Å². The monoisotopic (exact) mass is 522 g/mol. The highest BCUT2D eigenvalue weighted by Crippen LogP contribution is 2.36. The lowest BCUT2D eigenvalue weighted by Crippen LogP contribution is -2.60. The zero-order valence-corrected chi connectivity index (χ0v) is 20.2. The molecule has 0 heterocycles. The average molecular weight is 523 g/mol. The molecule has 200 valence electrons. The number of hydrogen-bond acceptors (Lipinski definition) is 7. The predicted octanol–water partition coefficient (Wildman–Crippen LogP) is 2.70. The second kappa shape index (κ2) is 12.5. The Hall–Kier alpha value is -3.01. The van der Waals surface area contributed by atoms with Crippen molar-refractivity contribution in [1.29, 1.82) is 5.26 Å². The van der Waals surface area contributed by atoms with Crippen molar-refractivity contribution >= 4 is 5.91 Å². The van der Waals surface area contributed by atoms with Crippen LogP contribution < -0.4 is 5.32 Å². The first-order chi connectivity index (χ1) is 17.6. The van der Waals surface area contributed by atoms with Gasteiger partial charge in [-0.3, -0.25) is 4.79 Å². The smallest absolute Gasteiger partial charge is 0.390 e. The minimum atomic E-state index is -4.47. The molecule has 0 saturated heterocycles. The van der Waals surface area contributed by atoms with E-state index < -0.39 is 41.6 Å². The van der Waals surface area contributed by atoms with Crippen LogP contribution in [0.5, 0.6) is 0 Å². The average Bonchev–Trinajstić information content (AvgIpc) is 2.88. The molecule has 2 aromatic rings. The van der Waals surface area contributed by atoms with Gasteiger partial charge < -0.3 is 29.7 Å². The van der Waals surface area contributed by atoms with Crippen LogP contribution in [0.25, 0.3) is 0 Å². The molecule has 37 heavy (non-hydrogen) atoms. The van der Waals surface area contributed by atoms with Crippen molar-refractivity contribution in [3.63, 3.8) is 0 Å². The third-order valence-corrected chi connectivity index (χ3v) is 6.24. The van der Waals surface area contributed by atoms with Crippen LogP contribution in [-0.4, -0.2) is 60.3 Å². The molecule has 8 nitrogen and oxygen atoms in total. The molecule has 1 fully saturated rings. The molecule has 1 aliphatic rings. The van der Waals surface area contributed by atoms with Gasteiger partial charge in [-0.2, -0.15) is 18.4 Å². The first-order valence-electron chi connectivity index (χ1n) is 11.6. The summed E-state index contributed by atoms with van der Waals surface area (Å²) in [5.41, 5.74) is -1.10. The summed E-state index contributed by atoms with van der Waals surface area (Å²) in [5, 5.41) is 33.3. The Balaban J connectivity index is 1.79. The van der Waals surface area contributed by atoms with E-state index in [1.54, 1.807) is 24.3 Å². The molecule has 0 radical (unpaired) electrons. The van der Waals surface area contributed by atoms with E-state index >= 15 is 0 Å². The van der Waals surface area contributed by atoms with Crippen molar-refractivity contribution in [3.8, 4) is 6.07 Å². The van der Waals surface area contributed by atoms with Crippen LogP contribution in [0.15, 0.2) is 48.5 Å². The molecule has 1 saturated carbocycles. The lowest BCUT2D eigenvalue weighted by Gasteiger charge is -2.44. The van der Waals surface area contributed by atoms with E-state index in [9.17, 15) is 33.4 Å². The normalized spacial score (nSPS) is 23.9. The van der Waals surface area contributed by atoms with Gasteiger partial charge in [0, 0.05) is 26.5 Å². The fourth-order valence-corrected chi connectivity index (χ4v) is 4.15. The van der Waals surface area contributed by atoms with Gasteiger partial charge in [-0.15, -0.1) is 0 Å². The van der Waals surface area contributed by atoms with E-state index in [2.05, 4.69) is 11.4 Å². The number of nitrogens with one attached hydrogen (secondary N) is 1. The van der Waals surface area contributed by atoms with Gasteiger partial charge in [0.25, 0.3) is 5.91 Å². The van der Waals surface area contributed by atoms with Gasteiger partial charge in [0.1, 0.15) is 6.10 Å². The summed E-state index contributed by atoms with van der Waals surface area (Å²) in [6.45, 7) is 0.129. The van der Waals surface area contributed by atoms with Gasteiger partial charge >= 0.3 is 6.18 Å². The highest BCUT2D eigenvalue weighted by Gasteiger charge is 2.51. The number of alkyl halides is 3. The molecule has 0 aromatic heterocycles. The fraction of sp³-hybridized carbons (Fsp3) is 0.462. The Morgan fingerprint density at radius 1 is 1.14 bits per heavy atom. The highest BCUT2D eigenvalue weighted by atomic mass is 19.4. The summed E-state index contributed by atoms with van der Waals surface area (Å²) in [6.07, 6.45) is -8.65. The van der Waals surface area contributed by atoms with Crippen molar-refractivity contribution in [1.82, 2.24) is 5.32 Å². The summed E-state index contributed by atoms with van der Waals surface area (Å²) in [7, 11) is 1.48. The number of carbonyl (C=O) groups is 1. The Morgan fingerprint density at radius 2 is 1.84 bits per heavy atom. The standard InChI is InChI=1S/C26H29F3N2O6/c1-35-11-10-31-24(34)25(37-16-19-5-3-2-4-18(19)14-30)12-21(32)23(33)22(13-25)36-15-17-6-8-20(9-7-17)26(27,28)29/h2-9,21-23,32-33H,10-13,15-16H2,1H3,(H,31,34)/t21-,22?,23-,25+/m1/s1. The SMILES string of the molecule is COCCNC(=O)[C@@]1(OCc2ccccc2C#N)CC(OCc2ccc(C(F)(F)F)cc2)[C@H](O)[C@H](O)C1. The third kappa shape index (κ3) is 7.28. The van der Waals surface area contributed by atoms with E-state index in [1.165, 1.54) is 19.2 Å². The number of carbonyl (C=O) groups excluding carboxylic acids is 1. The van der Waals surface area contributed by atoms with Crippen LogP contribution in [-0.2, 0) is 38.4 Å². The molecule has 1 aliphatic carbocycles. The lowest BCUT2D eigenvalue weighted by molar-refractivity contribution is -0.200. The summed E-state index contributed by atoms with van der Waals surface area (Å²) in [5.74, 6) is -0.548. The number of aliphatic hydroxyl groups is 2. The van der Waals surface area contributed by atoms with Gasteiger partial charge in [-0.1, -0.05) is 30.3 Å². The molecule has 0 aliphatic heterocycles. The highest BCUT2D eigenvalue weighted by molar-refractivity contribution is 5.85. The number of amides is 1. The maximum atomic E-state index is 13.3. The number of nitriles is 1. The lowest BCUT2D eigenvalue weighted by atomic mass is 9.78. The third-order valence-electron chi connectivity index (χ3n) is 6.24. The minimum absolute atomic E-state index is 0.115. The maximum absolute atomic E-state index is 13.3. The first kappa shape index (κ1) is 28.6. The van der Waals surface area contributed by atoms with Crippen LogP contribution in [0.1, 0.15) is 35.1 Å². The topological polar surface area (TPSA) is 121 Å². The number of aliphatic hydroxyl groups excluding tert-OH is 2. The Labute approximate surface area is 212 Å². The molecule has 4 atom stereocenters. The van der Waals surface area contributed by atoms with Crippen molar-refractivity contribution in [3.05, 3.63) is 70.8 Å². The number of hydrogen-bond donors (Lipinski definition) is 3. The van der Waals surface area contributed by atoms with E-state index in [4.69, 9.17) is 14.2 Å². The van der Waals surface area contributed by atoms with Crippen molar-refractivity contribution in [2.24, 2.45) is 0 Å². The number of rotatable bonds is 10. The summed E-state index contributed by atoms with van der Waals surface area (Å²) in [4.78, 5) is 13.3. The van der Waals surface area contributed by atoms with Crippen molar-refractivity contribution < 1.29 is 42.4 Å². The largest absolute Gasteiger partial charge is 0.416 e. The Bertz CT molecular complexity index is 1090. The minimum Gasteiger partial charge on any atom is -0.390 e. The summed E-state index contributed by atoms with van der Waals surface area (Å²) < 4.78 is 55.3. The molecule has 1 amide bonds. The summed E-state index contributed by atoms with van der Waals surface area (Å²) >= 11 is 0. The van der Waals surface area contributed by atoms with Crippen LogP contribution in [0.2, 0.25) is 0 Å². The van der Waals surface area contributed by atoms with Crippen LogP contribution >= 0.6 is 0 Å². The zero-order chi connectivity index (χ0) is 27.1. The first-order valence-corrected chi connectivity index (χ1v) is 11.6. The Kier molecular flexibility index (Phi) is 9.64. The van der Waals surface area contributed by atoms with Gasteiger partial charge in [-0.05, 0) is 29.3 Å². The molecular formula is C26H29F3N2O6. The van der Waals surface area contributed by atoms with Gasteiger partial charge in [0.05, 0.1) is 49.2 Å². The molecule has 11 heteroatoms. The second-order valence-corrected chi connectivity index (χ2v) is 8.81. The molecular weight excluding hydrogens is 493 g/mol. The van der Waals surface area contributed by atoms with E-state index in [0.29, 0.717) is 16.7 Å². The second-order valence-electron chi connectivity index (χ2n) is 8.81. The molecule has 1 unspecified atom stereocenters. The van der Waals surface area contributed by atoms with Crippen LogP contribution in [0.3, 0.4) is 0 Å². The number of benzene rings is 2. The number of methoxy groups -OCH3 is 1. The molecule has 3 rings (SSSR count). The Morgan fingerprint density at radius 3 is 2.49 bits per heavy atom. The molecule has 3 N–H and O–H groups in total. The quantitative estimate of drug-likeness (QED) is 0.411. The van der Waals surface area contributed by atoms with Crippen molar-refractivity contribution in [2.75, 3.05) is 20.3 Å². The zero-order valence-electron chi connectivity index (χ0n) is 20.2. The fourth-order valence-electron chi connectivity index (χ4n) is 4.15. The van der Waals surface area contributed by atoms with Gasteiger partial charge in [0.15, 0.2) is 5.60 Å². The van der Waals surface area contributed by atoms with E-state index in [0.717, 1.165) is 12.1 Å². The van der Waals surface area contributed by atoms with Gasteiger partial charge in [-0.25, -0.2) is 0 Å². The maximum Gasteiger partial charge on any atom is 0.416 e. The predicted molar refractivity (Wildman–Crippen MR) is 125 cm³/mol. The summed E-state index contributed by atoms with van der Waals surface area (Å²) in [6, 6.07) is 13.1. The van der Waals surface area contributed by atoms with Crippen molar-refractivity contribution in [2.45, 2.75) is 56.1 Å². The van der Waals surface area contributed by atoms with E-state index in [-0.39, 0.29) is 39.2 Å². The molecule has 2 aromatic carbocycles. The van der Waals surface area contributed by atoms with E-state index in [1.807, 2.05) is 0 Å². The van der Waals surface area contributed by atoms with Gasteiger partial charge in [0.2, 0.25) is 0 Å². The molecule has 0 spiro atoms. The van der Waals surface area contributed by atoms with Crippen LogP contribution in [0, 0.1) is 11.3 Å². The number of halogens is 3.